The summed E-state index contributed by atoms with van der Waals surface area (Å²) in [6.45, 7) is 6.06. The van der Waals surface area contributed by atoms with Gasteiger partial charge < -0.3 is 10.6 Å². The Kier molecular flexibility index (Phi) is 6.36. The normalized spacial score (nSPS) is 12.0. The zero-order valence-corrected chi connectivity index (χ0v) is 14.0. The molecule has 0 aliphatic carbocycles. The summed E-state index contributed by atoms with van der Waals surface area (Å²) in [6, 6.07) is 18.5. The maximum absolute atomic E-state index is 12.6. The van der Waals surface area contributed by atoms with Gasteiger partial charge in [0.15, 0.2) is 0 Å². The van der Waals surface area contributed by atoms with E-state index in [0.29, 0.717) is 13.0 Å². The maximum Gasteiger partial charge on any atom is 0.223 e. The smallest absolute Gasteiger partial charge is 0.223 e. The molecule has 0 heterocycles. The van der Waals surface area contributed by atoms with Gasteiger partial charge in [-0.2, -0.15) is 0 Å². The zero-order valence-electron chi connectivity index (χ0n) is 14.0. The van der Waals surface area contributed by atoms with E-state index in [1.54, 1.807) is 0 Å². The summed E-state index contributed by atoms with van der Waals surface area (Å²) in [5.41, 5.74) is 9.19. The van der Waals surface area contributed by atoms with Crippen molar-refractivity contribution in [2.45, 2.75) is 32.7 Å². The van der Waals surface area contributed by atoms with Gasteiger partial charge in [-0.1, -0.05) is 54.6 Å². The first-order chi connectivity index (χ1) is 11.2. The number of nitrogens with zero attached hydrogens (tertiary/aromatic N) is 1. The topological polar surface area (TPSA) is 46.3 Å². The standard InChI is InChI=1S/C20H26N2O/c1-3-22(4-2)20(23)14-19(17-10-6-5-7-11-17)18-12-8-9-16(13-18)15-21/h5-13,19H,3-4,14-15,21H2,1-2H3. The van der Waals surface area contributed by atoms with E-state index in [4.69, 9.17) is 5.73 Å². The Morgan fingerprint density at radius 1 is 1.00 bits per heavy atom. The molecule has 0 aliphatic heterocycles. The molecule has 1 amide bonds. The Morgan fingerprint density at radius 2 is 1.65 bits per heavy atom. The van der Waals surface area contributed by atoms with Gasteiger partial charge in [-0.25, -0.2) is 0 Å². The quantitative estimate of drug-likeness (QED) is 0.850. The monoisotopic (exact) mass is 310 g/mol. The third-order valence-corrected chi connectivity index (χ3v) is 4.29. The Morgan fingerprint density at radius 3 is 2.26 bits per heavy atom. The molecule has 3 heteroatoms. The summed E-state index contributed by atoms with van der Waals surface area (Å²) in [6.07, 6.45) is 0.486. The lowest BCUT2D eigenvalue weighted by molar-refractivity contribution is -0.131. The fourth-order valence-electron chi connectivity index (χ4n) is 2.93. The molecule has 0 aromatic heterocycles. The number of rotatable bonds is 7. The van der Waals surface area contributed by atoms with Crippen LogP contribution in [0.4, 0.5) is 0 Å². The van der Waals surface area contributed by atoms with Crippen LogP contribution in [0, 0.1) is 0 Å². The second-order valence-electron chi connectivity index (χ2n) is 5.68. The van der Waals surface area contributed by atoms with Crippen LogP contribution in [0.25, 0.3) is 0 Å². The van der Waals surface area contributed by atoms with Crippen LogP contribution in [0.5, 0.6) is 0 Å². The van der Waals surface area contributed by atoms with E-state index in [9.17, 15) is 4.79 Å². The largest absolute Gasteiger partial charge is 0.343 e. The molecule has 0 spiro atoms. The van der Waals surface area contributed by atoms with Crippen LogP contribution < -0.4 is 5.73 Å². The summed E-state index contributed by atoms with van der Waals surface area (Å²) in [7, 11) is 0. The van der Waals surface area contributed by atoms with Crippen molar-refractivity contribution < 1.29 is 4.79 Å². The maximum atomic E-state index is 12.6. The van der Waals surface area contributed by atoms with E-state index >= 15 is 0 Å². The van der Waals surface area contributed by atoms with Crippen molar-refractivity contribution in [2.24, 2.45) is 5.73 Å². The summed E-state index contributed by atoms with van der Waals surface area (Å²) < 4.78 is 0. The molecule has 2 aromatic carbocycles. The Bertz CT molecular complexity index is 621. The molecule has 2 N–H and O–H groups in total. The van der Waals surface area contributed by atoms with Crippen LogP contribution in [0.2, 0.25) is 0 Å². The van der Waals surface area contributed by atoms with E-state index in [1.807, 2.05) is 49.1 Å². The van der Waals surface area contributed by atoms with Crippen molar-refractivity contribution >= 4 is 5.91 Å². The van der Waals surface area contributed by atoms with E-state index < -0.39 is 0 Å². The molecule has 0 radical (unpaired) electrons. The van der Waals surface area contributed by atoms with Gasteiger partial charge in [0.2, 0.25) is 5.91 Å². The van der Waals surface area contributed by atoms with E-state index in [-0.39, 0.29) is 11.8 Å². The molecule has 0 aliphatic rings. The Balaban J connectivity index is 2.34. The van der Waals surface area contributed by atoms with E-state index in [1.165, 1.54) is 5.56 Å². The molecular weight excluding hydrogens is 284 g/mol. The van der Waals surface area contributed by atoms with Gasteiger partial charge in [0.25, 0.3) is 0 Å². The van der Waals surface area contributed by atoms with Crippen LogP contribution in [-0.2, 0) is 11.3 Å². The van der Waals surface area contributed by atoms with Crippen molar-refractivity contribution in [2.75, 3.05) is 13.1 Å². The predicted molar refractivity (Wildman–Crippen MR) is 95.2 cm³/mol. The lowest BCUT2D eigenvalue weighted by atomic mass is 9.87. The van der Waals surface area contributed by atoms with Gasteiger partial charge in [0.1, 0.15) is 0 Å². The molecule has 0 saturated heterocycles. The van der Waals surface area contributed by atoms with Crippen LogP contribution in [0.3, 0.4) is 0 Å². The van der Waals surface area contributed by atoms with E-state index in [0.717, 1.165) is 24.2 Å². The molecule has 1 unspecified atom stereocenters. The average molecular weight is 310 g/mol. The molecule has 23 heavy (non-hydrogen) atoms. The summed E-state index contributed by atoms with van der Waals surface area (Å²) >= 11 is 0. The molecular formula is C20H26N2O. The van der Waals surface area contributed by atoms with Crippen molar-refractivity contribution in [1.82, 2.24) is 4.90 Å². The third-order valence-electron chi connectivity index (χ3n) is 4.29. The number of carbonyl (C=O) groups excluding carboxylic acids is 1. The summed E-state index contributed by atoms with van der Waals surface area (Å²) in [5.74, 6) is 0.262. The van der Waals surface area contributed by atoms with E-state index in [2.05, 4.69) is 24.3 Å². The molecule has 3 nitrogen and oxygen atoms in total. The number of benzene rings is 2. The highest BCUT2D eigenvalue weighted by molar-refractivity contribution is 5.77. The van der Waals surface area contributed by atoms with Crippen molar-refractivity contribution in [3.8, 4) is 0 Å². The van der Waals surface area contributed by atoms with Crippen LogP contribution >= 0.6 is 0 Å². The van der Waals surface area contributed by atoms with Gasteiger partial charge in [0.05, 0.1) is 0 Å². The van der Waals surface area contributed by atoms with Gasteiger partial charge in [-0.15, -0.1) is 0 Å². The lowest BCUT2D eigenvalue weighted by Crippen LogP contribution is -2.31. The first kappa shape index (κ1) is 17.2. The van der Waals surface area contributed by atoms with Gasteiger partial charge in [-0.3, -0.25) is 4.79 Å². The van der Waals surface area contributed by atoms with Crippen molar-refractivity contribution in [3.63, 3.8) is 0 Å². The summed E-state index contributed by atoms with van der Waals surface area (Å²) in [4.78, 5) is 14.5. The number of hydrogen-bond donors (Lipinski definition) is 1. The van der Waals surface area contributed by atoms with Crippen LogP contribution in [-0.4, -0.2) is 23.9 Å². The number of amides is 1. The Labute approximate surface area is 139 Å². The Hall–Kier alpha value is -2.13. The number of nitrogens with two attached hydrogens (primary N) is 1. The molecule has 1 atom stereocenters. The first-order valence-electron chi connectivity index (χ1n) is 8.31. The third kappa shape index (κ3) is 4.42. The average Bonchev–Trinajstić information content (AvgIpc) is 2.61. The molecule has 0 bridgehead atoms. The van der Waals surface area contributed by atoms with Crippen molar-refractivity contribution in [1.29, 1.82) is 0 Å². The lowest BCUT2D eigenvalue weighted by Gasteiger charge is -2.24. The summed E-state index contributed by atoms with van der Waals surface area (Å²) in [5, 5.41) is 0. The molecule has 2 rings (SSSR count). The molecule has 0 fully saturated rings. The molecule has 122 valence electrons. The number of hydrogen-bond acceptors (Lipinski definition) is 2. The van der Waals surface area contributed by atoms with Gasteiger partial charge in [-0.05, 0) is 30.5 Å². The minimum Gasteiger partial charge on any atom is -0.343 e. The fourth-order valence-corrected chi connectivity index (χ4v) is 2.93. The zero-order chi connectivity index (χ0) is 16.7. The van der Waals surface area contributed by atoms with Crippen LogP contribution in [0.15, 0.2) is 54.6 Å². The van der Waals surface area contributed by atoms with Crippen molar-refractivity contribution in [3.05, 3.63) is 71.3 Å². The van der Waals surface area contributed by atoms with Gasteiger partial charge in [0, 0.05) is 32.0 Å². The predicted octanol–water partition coefficient (Wildman–Crippen LogP) is 3.54. The second-order valence-corrected chi connectivity index (χ2v) is 5.68. The minimum absolute atomic E-state index is 0.0656. The first-order valence-corrected chi connectivity index (χ1v) is 8.31. The fraction of sp³-hybridized carbons (Fsp3) is 0.350. The molecule has 0 saturated carbocycles. The highest BCUT2D eigenvalue weighted by Crippen LogP contribution is 2.29. The second kappa shape index (κ2) is 8.49. The number of carbonyl (C=O) groups is 1. The minimum atomic E-state index is 0.0656. The van der Waals surface area contributed by atoms with Crippen LogP contribution in [0.1, 0.15) is 42.9 Å². The SMILES string of the molecule is CCN(CC)C(=O)CC(c1ccccc1)c1cccc(CN)c1. The van der Waals surface area contributed by atoms with Gasteiger partial charge >= 0.3 is 0 Å². The molecule has 2 aromatic rings. The highest BCUT2D eigenvalue weighted by Gasteiger charge is 2.21. The highest BCUT2D eigenvalue weighted by atomic mass is 16.2.